The molecule has 0 amide bonds. The first-order chi connectivity index (χ1) is 8.01. The van der Waals surface area contributed by atoms with Crippen molar-refractivity contribution in [3.8, 4) is 11.8 Å². The summed E-state index contributed by atoms with van der Waals surface area (Å²) >= 11 is 0. The maximum Gasteiger partial charge on any atom is 0.136 e. The maximum absolute atomic E-state index is 9.44. The van der Waals surface area contributed by atoms with Crippen molar-refractivity contribution in [1.29, 1.82) is 0 Å². The zero-order valence-electron chi connectivity index (χ0n) is 10.6. The van der Waals surface area contributed by atoms with Gasteiger partial charge in [0.1, 0.15) is 11.3 Å². The van der Waals surface area contributed by atoms with E-state index in [1.54, 1.807) is 19.9 Å². The van der Waals surface area contributed by atoms with Gasteiger partial charge in [-0.2, -0.15) is 0 Å². The summed E-state index contributed by atoms with van der Waals surface area (Å²) in [6.07, 6.45) is 6.19. The molecular formula is C14H18N2O. The molecule has 17 heavy (non-hydrogen) atoms. The van der Waals surface area contributed by atoms with Crippen molar-refractivity contribution in [2.45, 2.75) is 39.2 Å². The van der Waals surface area contributed by atoms with Gasteiger partial charge in [0, 0.05) is 0 Å². The number of hydrogen-bond acceptors (Lipinski definition) is 3. The van der Waals surface area contributed by atoms with Crippen LogP contribution in [0.5, 0.6) is 0 Å². The quantitative estimate of drug-likeness (QED) is 0.811. The molecule has 0 aliphatic carbocycles. The Morgan fingerprint density at radius 3 is 2.65 bits per heavy atom. The molecule has 1 aromatic heterocycles. The average Bonchev–Trinajstić information content (AvgIpc) is 2.27. The van der Waals surface area contributed by atoms with Gasteiger partial charge < -0.3 is 5.11 Å². The summed E-state index contributed by atoms with van der Waals surface area (Å²) in [4.78, 5) is 0. The Morgan fingerprint density at radius 2 is 2.12 bits per heavy atom. The van der Waals surface area contributed by atoms with Crippen LogP contribution in [0.25, 0.3) is 6.08 Å². The second-order valence-electron chi connectivity index (χ2n) is 4.34. The van der Waals surface area contributed by atoms with Crippen LogP contribution >= 0.6 is 0 Å². The smallest absolute Gasteiger partial charge is 0.136 e. The molecule has 0 aromatic carbocycles. The van der Waals surface area contributed by atoms with Gasteiger partial charge in [-0.05, 0) is 44.4 Å². The Bertz CT molecular complexity index is 430. The molecular weight excluding hydrogens is 212 g/mol. The third-order valence-corrected chi connectivity index (χ3v) is 1.93. The van der Waals surface area contributed by atoms with E-state index in [1.807, 2.05) is 12.1 Å². The van der Waals surface area contributed by atoms with E-state index in [1.165, 1.54) is 0 Å². The molecule has 0 aliphatic rings. The highest BCUT2D eigenvalue weighted by Gasteiger charge is 2.05. The summed E-state index contributed by atoms with van der Waals surface area (Å²) in [6, 6.07) is 3.67. The maximum atomic E-state index is 9.44. The van der Waals surface area contributed by atoms with Crippen molar-refractivity contribution in [2.75, 3.05) is 0 Å². The van der Waals surface area contributed by atoms with Crippen LogP contribution in [0.3, 0.4) is 0 Å². The van der Waals surface area contributed by atoms with E-state index in [9.17, 15) is 5.11 Å². The summed E-state index contributed by atoms with van der Waals surface area (Å²) in [5, 5.41) is 17.4. The topological polar surface area (TPSA) is 46.0 Å². The highest BCUT2D eigenvalue weighted by molar-refractivity contribution is 5.44. The molecule has 1 N–H and O–H groups in total. The number of rotatable bonds is 3. The number of allylic oxidation sites excluding steroid dienone is 1. The van der Waals surface area contributed by atoms with Crippen molar-refractivity contribution in [3.63, 3.8) is 0 Å². The number of nitrogens with zero attached hydrogens (tertiary/aromatic N) is 2. The summed E-state index contributed by atoms with van der Waals surface area (Å²) < 4.78 is 0. The molecule has 0 atom stereocenters. The van der Waals surface area contributed by atoms with E-state index in [0.29, 0.717) is 5.69 Å². The van der Waals surface area contributed by atoms with Gasteiger partial charge in [0.05, 0.1) is 5.69 Å². The lowest BCUT2D eigenvalue weighted by molar-refractivity contribution is 0.143. The Hall–Kier alpha value is -1.66. The number of hydrogen-bond donors (Lipinski definition) is 1. The second kappa shape index (κ2) is 6.17. The van der Waals surface area contributed by atoms with Crippen LogP contribution in [0.15, 0.2) is 18.2 Å². The van der Waals surface area contributed by atoms with E-state index in [-0.39, 0.29) is 0 Å². The first kappa shape index (κ1) is 13.4. The van der Waals surface area contributed by atoms with Crippen LogP contribution in [0.2, 0.25) is 0 Å². The van der Waals surface area contributed by atoms with Gasteiger partial charge in [-0.3, -0.25) is 0 Å². The largest absolute Gasteiger partial charge is 0.378 e. The second-order valence-corrected chi connectivity index (χ2v) is 4.34. The monoisotopic (exact) mass is 230 g/mol. The molecule has 3 nitrogen and oxygen atoms in total. The van der Waals surface area contributed by atoms with Crippen LogP contribution in [0.1, 0.15) is 45.0 Å². The standard InChI is InChI=1S/C14H18N2O/c1-4-5-6-7-12-8-9-13(16-15-12)10-11-14(2,3)17/h6-9,17H,4-5H2,1-3H3/b7-6+. The zero-order chi connectivity index (χ0) is 12.7. The Morgan fingerprint density at radius 1 is 1.35 bits per heavy atom. The third kappa shape index (κ3) is 5.84. The average molecular weight is 230 g/mol. The highest BCUT2D eigenvalue weighted by Crippen LogP contribution is 2.01. The molecule has 1 heterocycles. The van der Waals surface area contributed by atoms with Crippen molar-refractivity contribution in [2.24, 2.45) is 0 Å². The van der Waals surface area contributed by atoms with Crippen molar-refractivity contribution in [3.05, 3.63) is 29.6 Å². The summed E-state index contributed by atoms with van der Waals surface area (Å²) in [7, 11) is 0. The molecule has 0 unspecified atom stereocenters. The minimum absolute atomic E-state index is 0.569. The minimum atomic E-state index is -0.999. The van der Waals surface area contributed by atoms with Gasteiger partial charge in [0.25, 0.3) is 0 Å². The minimum Gasteiger partial charge on any atom is -0.378 e. The third-order valence-electron chi connectivity index (χ3n) is 1.93. The van der Waals surface area contributed by atoms with E-state index in [4.69, 9.17) is 0 Å². The Balaban J connectivity index is 2.71. The van der Waals surface area contributed by atoms with Crippen molar-refractivity contribution in [1.82, 2.24) is 10.2 Å². The van der Waals surface area contributed by atoms with E-state index < -0.39 is 5.60 Å². The van der Waals surface area contributed by atoms with Crippen LogP contribution < -0.4 is 0 Å². The highest BCUT2D eigenvalue weighted by atomic mass is 16.3. The van der Waals surface area contributed by atoms with E-state index in [2.05, 4.69) is 35.0 Å². The molecule has 1 rings (SSSR count). The number of unbranched alkanes of at least 4 members (excludes halogenated alkanes) is 1. The van der Waals surface area contributed by atoms with Gasteiger partial charge in [-0.25, -0.2) is 0 Å². The van der Waals surface area contributed by atoms with Crippen molar-refractivity contribution < 1.29 is 5.11 Å². The first-order valence-electron chi connectivity index (χ1n) is 5.77. The van der Waals surface area contributed by atoms with Crippen LogP contribution in [-0.2, 0) is 0 Å². The Labute approximate surface area is 103 Å². The fourth-order valence-electron chi connectivity index (χ4n) is 1.09. The predicted molar refractivity (Wildman–Crippen MR) is 69.1 cm³/mol. The van der Waals surface area contributed by atoms with Gasteiger partial charge in [0.2, 0.25) is 0 Å². The first-order valence-corrected chi connectivity index (χ1v) is 5.77. The molecule has 0 saturated carbocycles. The van der Waals surface area contributed by atoms with Gasteiger partial charge in [-0.15, -0.1) is 10.2 Å². The normalized spacial score (nSPS) is 11.3. The lowest BCUT2D eigenvalue weighted by atomic mass is 10.1. The summed E-state index contributed by atoms with van der Waals surface area (Å²) in [6.45, 7) is 5.40. The van der Waals surface area contributed by atoms with Crippen LogP contribution in [0.4, 0.5) is 0 Å². The van der Waals surface area contributed by atoms with E-state index in [0.717, 1.165) is 18.5 Å². The molecule has 0 spiro atoms. The lowest BCUT2D eigenvalue weighted by Gasteiger charge is -2.05. The summed E-state index contributed by atoms with van der Waals surface area (Å²) in [5.74, 6) is 5.48. The molecule has 1 aromatic rings. The Kier molecular flexibility index (Phi) is 4.86. The van der Waals surface area contributed by atoms with E-state index >= 15 is 0 Å². The lowest BCUT2D eigenvalue weighted by Crippen LogP contribution is -2.14. The van der Waals surface area contributed by atoms with Gasteiger partial charge >= 0.3 is 0 Å². The summed E-state index contributed by atoms with van der Waals surface area (Å²) in [5.41, 5.74) is 0.397. The van der Waals surface area contributed by atoms with Crippen LogP contribution in [-0.4, -0.2) is 20.9 Å². The molecule has 0 bridgehead atoms. The molecule has 90 valence electrons. The van der Waals surface area contributed by atoms with Gasteiger partial charge in [0.15, 0.2) is 0 Å². The molecule has 3 heteroatoms. The zero-order valence-corrected chi connectivity index (χ0v) is 10.6. The predicted octanol–water partition coefficient (Wildman–Crippen LogP) is 2.41. The molecule has 0 aliphatic heterocycles. The molecule has 0 fully saturated rings. The SMILES string of the molecule is CCC/C=C/c1ccc(C#CC(C)(C)O)nn1. The van der Waals surface area contributed by atoms with Crippen LogP contribution in [0, 0.1) is 11.8 Å². The number of aromatic nitrogens is 2. The fourth-order valence-corrected chi connectivity index (χ4v) is 1.09. The molecule has 0 radical (unpaired) electrons. The number of aliphatic hydroxyl groups is 1. The van der Waals surface area contributed by atoms with Crippen molar-refractivity contribution >= 4 is 6.08 Å². The fraction of sp³-hybridized carbons (Fsp3) is 0.429. The molecule has 0 saturated heterocycles. The van der Waals surface area contributed by atoms with Gasteiger partial charge in [-0.1, -0.05) is 25.3 Å².